The van der Waals surface area contributed by atoms with E-state index in [2.05, 4.69) is 15.4 Å². The van der Waals surface area contributed by atoms with Gasteiger partial charge in [0.1, 0.15) is 5.82 Å². The number of carbonyl (C=O) groups excluding carboxylic acids is 1. The van der Waals surface area contributed by atoms with Gasteiger partial charge in [-0.25, -0.2) is 9.67 Å². The third kappa shape index (κ3) is 2.91. The molecule has 1 amide bonds. The molecule has 7 heteroatoms. The third-order valence-corrected chi connectivity index (χ3v) is 5.04. The number of para-hydroxylation sites is 1. The fraction of sp³-hybridized carbons (Fsp3) is 0.471. The van der Waals surface area contributed by atoms with Crippen LogP contribution in [0.4, 0.5) is 0 Å². The van der Waals surface area contributed by atoms with Crippen molar-refractivity contribution in [3.05, 3.63) is 40.9 Å². The summed E-state index contributed by atoms with van der Waals surface area (Å²) in [6.07, 6.45) is 4.54. The predicted molar refractivity (Wildman–Crippen MR) is 89.5 cm³/mol. The highest BCUT2D eigenvalue weighted by Crippen LogP contribution is 2.40. The Morgan fingerprint density at radius 2 is 2.12 bits per heavy atom. The zero-order chi connectivity index (χ0) is 16.7. The minimum Gasteiger partial charge on any atom is -0.388 e. The number of benzene rings is 1. The molecule has 2 N–H and O–H groups in total. The van der Waals surface area contributed by atoms with E-state index in [-0.39, 0.29) is 18.3 Å². The van der Waals surface area contributed by atoms with Crippen molar-refractivity contribution in [2.24, 2.45) is 0 Å². The van der Waals surface area contributed by atoms with Crippen LogP contribution in [0.2, 0.25) is 5.02 Å². The zero-order valence-electron chi connectivity index (χ0n) is 13.2. The van der Waals surface area contributed by atoms with E-state index in [4.69, 9.17) is 11.6 Å². The third-order valence-electron chi connectivity index (χ3n) is 4.72. The summed E-state index contributed by atoms with van der Waals surface area (Å²) in [5, 5.41) is 17.8. The van der Waals surface area contributed by atoms with Crippen molar-refractivity contribution in [1.82, 2.24) is 20.1 Å². The molecule has 2 fully saturated rings. The van der Waals surface area contributed by atoms with E-state index in [1.165, 1.54) is 0 Å². The van der Waals surface area contributed by atoms with Gasteiger partial charge in [-0.15, -0.1) is 5.10 Å². The standard InChI is InChI=1S/C17H19ClN4O2/c18-12-4-1-2-5-13(12)22-15(11-6-7-11)20-14(21-22)16(23)19-10-17(24)8-3-9-17/h1-2,4-5,11,24H,3,6-10H2,(H,19,23). The van der Waals surface area contributed by atoms with E-state index in [0.29, 0.717) is 10.9 Å². The van der Waals surface area contributed by atoms with Gasteiger partial charge in [0.2, 0.25) is 5.82 Å². The van der Waals surface area contributed by atoms with Crippen LogP contribution in [-0.4, -0.2) is 37.9 Å². The quantitative estimate of drug-likeness (QED) is 0.871. The average Bonchev–Trinajstić information content (AvgIpc) is 3.30. The molecule has 1 aromatic carbocycles. The lowest BCUT2D eigenvalue weighted by molar-refractivity contribution is -0.0301. The fourth-order valence-corrected chi connectivity index (χ4v) is 3.13. The first kappa shape index (κ1) is 15.6. The molecule has 0 radical (unpaired) electrons. The lowest BCUT2D eigenvalue weighted by Crippen LogP contribution is -2.47. The molecular formula is C17H19ClN4O2. The smallest absolute Gasteiger partial charge is 0.291 e. The Bertz CT molecular complexity index is 781. The van der Waals surface area contributed by atoms with Crippen LogP contribution in [0.1, 0.15) is 54.5 Å². The number of nitrogens with one attached hydrogen (secondary N) is 1. The van der Waals surface area contributed by atoms with Gasteiger partial charge in [-0.1, -0.05) is 23.7 Å². The van der Waals surface area contributed by atoms with E-state index >= 15 is 0 Å². The second-order valence-electron chi connectivity index (χ2n) is 6.69. The molecule has 126 valence electrons. The largest absolute Gasteiger partial charge is 0.388 e. The maximum atomic E-state index is 12.4. The van der Waals surface area contributed by atoms with E-state index in [1.54, 1.807) is 10.7 Å². The van der Waals surface area contributed by atoms with E-state index in [9.17, 15) is 9.90 Å². The second-order valence-corrected chi connectivity index (χ2v) is 7.10. The monoisotopic (exact) mass is 346 g/mol. The van der Waals surface area contributed by atoms with Gasteiger partial charge in [0.05, 0.1) is 16.3 Å². The van der Waals surface area contributed by atoms with Crippen molar-refractivity contribution in [3.8, 4) is 5.69 Å². The molecule has 4 rings (SSSR count). The number of halogens is 1. The summed E-state index contributed by atoms with van der Waals surface area (Å²) in [6, 6.07) is 7.39. The molecule has 0 spiro atoms. The summed E-state index contributed by atoms with van der Waals surface area (Å²) < 4.78 is 1.67. The van der Waals surface area contributed by atoms with Gasteiger partial charge in [0.15, 0.2) is 0 Å². The Hall–Kier alpha value is -1.92. The molecule has 0 saturated heterocycles. The van der Waals surface area contributed by atoms with Gasteiger partial charge < -0.3 is 10.4 Å². The zero-order valence-corrected chi connectivity index (χ0v) is 14.0. The van der Waals surface area contributed by atoms with Crippen LogP contribution in [0.25, 0.3) is 5.69 Å². The van der Waals surface area contributed by atoms with Crippen LogP contribution >= 0.6 is 11.6 Å². The fourth-order valence-electron chi connectivity index (χ4n) is 2.91. The normalized spacial score (nSPS) is 18.9. The Labute approximate surface area is 144 Å². The van der Waals surface area contributed by atoms with Gasteiger partial charge in [0.25, 0.3) is 5.91 Å². The van der Waals surface area contributed by atoms with Gasteiger partial charge in [-0.05, 0) is 44.2 Å². The molecular weight excluding hydrogens is 328 g/mol. The number of aromatic nitrogens is 3. The van der Waals surface area contributed by atoms with Crippen molar-refractivity contribution in [2.45, 2.75) is 43.6 Å². The molecule has 0 atom stereocenters. The summed E-state index contributed by atoms with van der Waals surface area (Å²) in [5.41, 5.74) is -0.0365. The number of hydrogen-bond donors (Lipinski definition) is 2. The summed E-state index contributed by atoms with van der Waals surface area (Å²) in [7, 11) is 0. The Morgan fingerprint density at radius 1 is 1.38 bits per heavy atom. The Morgan fingerprint density at radius 3 is 2.75 bits per heavy atom. The summed E-state index contributed by atoms with van der Waals surface area (Å²) >= 11 is 6.27. The Balaban J connectivity index is 1.59. The Kier molecular flexibility index (Phi) is 3.81. The first-order valence-corrected chi connectivity index (χ1v) is 8.66. The van der Waals surface area contributed by atoms with Crippen molar-refractivity contribution < 1.29 is 9.90 Å². The van der Waals surface area contributed by atoms with Crippen LogP contribution < -0.4 is 5.32 Å². The molecule has 0 bridgehead atoms. The summed E-state index contributed by atoms with van der Waals surface area (Å²) in [4.78, 5) is 16.8. The molecule has 2 aromatic rings. The number of nitrogens with zero attached hydrogens (tertiary/aromatic N) is 3. The average molecular weight is 347 g/mol. The number of rotatable bonds is 5. The highest BCUT2D eigenvalue weighted by Gasteiger charge is 2.36. The predicted octanol–water partition coefficient (Wildman–Crippen LogP) is 2.44. The molecule has 6 nitrogen and oxygen atoms in total. The number of carbonyl (C=O) groups is 1. The SMILES string of the molecule is O=C(NCC1(O)CCC1)c1nc(C2CC2)n(-c2ccccc2Cl)n1. The van der Waals surface area contributed by atoms with Crippen molar-refractivity contribution in [1.29, 1.82) is 0 Å². The molecule has 1 aromatic heterocycles. The van der Waals surface area contributed by atoms with Gasteiger partial charge in [0, 0.05) is 12.5 Å². The van der Waals surface area contributed by atoms with E-state index in [1.807, 2.05) is 18.2 Å². The summed E-state index contributed by atoms with van der Waals surface area (Å²) in [6.45, 7) is 0.241. The van der Waals surface area contributed by atoms with Crippen molar-refractivity contribution in [2.75, 3.05) is 6.54 Å². The van der Waals surface area contributed by atoms with Crippen LogP contribution in [-0.2, 0) is 0 Å². The topological polar surface area (TPSA) is 80.0 Å². The first-order chi connectivity index (χ1) is 11.6. The molecule has 2 aliphatic rings. The van der Waals surface area contributed by atoms with Crippen LogP contribution in [0.3, 0.4) is 0 Å². The molecule has 2 saturated carbocycles. The maximum Gasteiger partial charge on any atom is 0.291 e. The van der Waals surface area contributed by atoms with E-state index < -0.39 is 5.60 Å². The maximum absolute atomic E-state index is 12.4. The first-order valence-electron chi connectivity index (χ1n) is 8.28. The molecule has 0 unspecified atom stereocenters. The van der Waals surface area contributed by atoms with Crippen LogP contribution in [0, 0.1) is 0 Å². The van der Waals surface area contributed by atoms with E-state index in [0.717, 1.165) is 43.6 Å². The van der Waals surface area contributed by atoms with Gasteiger partial charge >= 0.3 is 0 Å². The lowest BCUT2D eigenvalue weighted by Gasteiger charge is -2.36. The van der Waals surface area contributed by atoms with Crippen molar-refractivity contribution in [3.63, 3.8) is 0 Å². The highest BCUT2D eigenvalue weighted by molar-refractivity contribution is 6.32. The number of amides is 1. The van der Waals surface area contributed by atoms with Gasteiger partial charge in [-0.2, -0.15) is 0 Å². The number of hydrogen-bond acceptors (Lipinski definition) is 4. The summed E-state index contributed by atoms with van der Waals surface area (Å²) in [5.74, 6) is 0.865. The molecule has 2 aliphatic carbocycles. The molecule has 0 aliphatic heterocycles. The minimum atomic E-state index is -0.764. The van der Waals surface area contributed by atoms with Crippen LogP contribution in [0.5, 0.6) is 0 Å². The van der Waals surface area contributed by atoms with Gasteiger partial charge in [-0.3, -0.25) is 4.79 Å². The van der Waals surface area contributed by atoms with Crippen molar-refractivity contribution >= 4 is 17.5 Å². The van der Waals surface area contributed by atoms with Crippen LogP contribution in [0.15, 0.2) is 24.3 Å². The molecule has 24 heavy (non-hydrogen) atoms. The number of aliphatic hydroxyl groups is 1. The second kappa shape index (κ2) is 5.86. The minimum absolute atomic E-state index is 0.125. The molecule has 1 heterocycles. The lowest BCUT2D eigenvalue weighted by atomic mass is 9.80. The highest BCUT2D eigenvalue weighted by atomic mass is 35.5.